The molecule has 0 amide bonds. The van der Waals surface area contributed by atoms with Crippen LogP contribution >= 0.6 is 0 Å². The molecule has 1 N–H and O–H groups in total. The summed E-state index contributed by atoms with van der Waals surface area (Å²) in [6.07, 6.45) is 10.5. The summed E-state index contributed by atoms with van der Waals surface area (Å²) in [5.41, 5.74) is 4.64. The van der Waals surface area contributed by atoms with Crippen LogP contribution in [0.2, 0.25) is 18.1 Å². The monoisotopic (exact) mass is 444 g/mol. The van der Waals surface area contributed by atoms with E-state index in [-0.39, 0.29) is 11.1 Å². The maximum absolute atomic E-state index is 10.6. The van der Waals surface area contributed by atoms with Gasteiger partial charge in [-0.3, -0.25) is 0 Å². The van der Waals surface area contributed by atoms with Crippen molar-refractivity contribution in [3.8, 4) is 0 Å². The van der Waals surface area contributed by atoms with E-state index in [2.05, 4.69) is 65.9 Å². The highest BCUT2D eigenvalue weighted by Gasteiger charge is 2.49. The molecule has 0 saturated heterocycles. The van der Waals surface area contributed by atoms with E-state index in [4.69, 9.17) is 4.43 Å². The third kappa shape index (κ3) is 5.84. The summed E-state index contributed by atoms with van der Waals surface area (Å²) < 4.78 is 7.08. The van der Waals surface area contributed by atoms with Gasteiger partial charge in [0, 0.05) is 6.10 Å². The number of aliphatic hydroxyl groups excluding tert-OH is 1. The van der Waals surface area contributed by atoms with Crippen molar-refractivity contribution in [2.75, 3.05) is 0 Å². The molecule has 0 aromatic heterocycles. The molecule has 0 radical (unpaired) electrons. The lowest BCUT2D eigenvalue weighted by atomic mass is 9.73. The van der Waals surface area contributed by atoms with Crippen molar-refractivity contribution in [3.63, 3.8) is 0 Å². The molecular weight excluding hydrogens is 396 g/mol. The van der Waals surface area contributed by atoms with E-state index in [1.54, 1.807) is 11.1 Å². The van der Waals surface area contributed by atoms with E-state index in [1.165, 1.54) is 37.7 Å². The van der Waals surface area contributed by atoms with Crippen molar-refractivity contribution in [3.05, 3.63) is 34.9 Å². The van der Waals surface area contributed by atoms with Crippen molar-refractivity contribution in [2.45, 2.75) is 123 Å². The Bertz CT molecular complexity index is 720. The Hall–Kier alpha value is -0.643. The lowest BCUT2D eigenvalue weighted by Crippen LogP contribution is -2.45. The predicted octanol–water partition coefficient (Wildman–Crippen LogP) is 7.46. The number of benzene rings is 1. The molecule has 5 atom stereocenters. The molecule has 2 aliphatic carbocycles. The van der Waals surface area contributed by atoms with Crippen molar-refractivity contribution in [1.29, 1.82) is 0 Å². The molecule has 1 aromatic rings. The molecular formula is C28H48O2Si. The summed E-state index contributed by atoms with van der Waals surface area (Å²) in [4.78, 5) is 0. The summed E-state index contributed by atoms with van der Waals surface area (Å²) in [5, 5.41) is 10.9. The van der Waals surface area contributed by atoms with E-state index < -0.39 is 8.32 Å². The van der Waals surface area contributed by atoms with Gasteiger partial charge in [-0.15, -0.1) is 0 Å². The second-order valence-corrected chi connectivity index (χ2v) is 16.8. The Morgan fingerprint density at radius 1 is 1.13 bits per heavy atom. The number of unbranched alkanes of at least 4 members (excludes halogenated alkanes) is 2. The van der Waals surface area contributed by atoms with Crippen LogP contribution in [0, 0.1) is 24.7 Å². The van der Waals surface area contributed by atoms with E-state index in [1.807, 2.05) is 0 Å². The molecule has 1 fully saturated rings. The topological polar surface area (TPSA) is 29.5 Å². The molecule has 5 unspecified atom stereocenters. The van der Waals surface area contributed by atoms with Gasteiger partial charge in [0.1, 0.15) is 0 Å². The number of rotatable bonds is 9. The maximum atomic E-state index is 10.6. The molecule has 176 valence electrons. The van der Waals surface area contributed by atoms with Crippen LogP contribution in [0.15, 0.2) is 18.2 Å². The highest BCUT2D eigenvalue weighted by molar-refractivity contribution is 6.74. The normalized spacial score (nSPS) is 27.1. The van der Waals surface area contributed by atoms with Crippen LogP contribution in [0.25, 0.3) is 0 Å². The molecule has 3 heteroatoms. The minimum Gasteiger partial charge on any atom is -0.414 e. The number of aliphatic hydroxyl groups is 1. The van der Waals surface area contributed by atoms with E-state index in [9.17, 15) is 5.11 Å². The molecule has 2 aliphatic rings. The van der Waals surface area contributed by atoms with Crippen LogP contribution in [0.1, 0.15) is 89.3 Å². The molecule has 0 aliphatic heterocycles. The zero-order valence-electron chi connectivity index (χ0n) is 21.3. The summed E-state index contributed by atoms with van der Waals surface area (Å²) in [5.74, 6) is 2.05. The largest absolute Gasteiger partial charge is 0.414 e. The first-order chi connectivity index (χ1) is 14.5. The van der Waals surface area contributed by atoms with E-state index in [0.29, 0.717) is 17.9 Å². The zero-order valence-corrected chi connectivity index (χ0v) is 22.3. The molecule has 0 heterocycles. The van der Waals surface area contributed by atoms with Gasteiger partial charge in [-0.1, -0.05) is 65.2 Å². The Labute approximate surface area is 193 Å². The van der Waals surface area contributed by atoms with Crippen molar-refractivity contribution >= 4 is 8.32 Å². The predicted molar refractivity (Wildman–Crippen MR) is 135 cm³/mol. The average Bonchev–Trinajstić information content (AvgIpc) is 3.00. The van der Waals surface area contributed by atoms with Gasteiger partial charge in [-0.2, -0.15) is 0 Å². The second-order valence-electron chi connectivity index (χ2n) is 12.1. The van der Waals surface area contributed by atoms with Crippen LogP contribution in [0.4, 0.5) is 0 Å². The molecule has 1 saturated carbocycles. The fourth-order valence-electron chi connectivity index (χ4n) is 5.84. The summed E-state index contributed by atoms with van der Waals surface area (Å²) in [6, 6.07) is 6.87. The third-order valence-electron chi connectivity index (χ3n) is 8.82. The summed E-state index contributed by atoms with van der Waals surface area (Å²) in [6.45, 7) is 16.4. The number of aryl methyl sites for hydroxylation is 1. The van der Waals surface area contributed by atoms with E-state index >= 15 is 0 Å². The van der Waals surface area contributed by atoms with Crippen molar-refractivity contribution in [1.82, 2.24) is 0 Å². The number of hydrogen-bond acceptors (Lipinski definition) is 2. The zero-order chi connectivity index (χ0) is 22.8. The fraction of sp³-hybridized carbons (Fsp3) is 0.786. The Balaban J connectivity index is 1.76. The van der Waals surface area contributed by atoms with Gasteiger partial charge in [-0.25, -0.2) is 0 Å². The minimum atomic E-state index is -1.81. The number of fused-ring (bicyclic) bond motifs is 2. The highest BCUT2D eigenvalue weighted by Crippen LogP contribution is 2.50. The lowest BCUT2D eigenvalue weighted by molar-refractivity contribution is 0.0924. The van der Waals surface area contributed by atoms with Crippen LogP contribution in [-0.4, -0.2) is 25.6 Å². The second kappa shape index (κ2) is 10.1. The van der Waals surface area contributed by atoms with Crippen molar-refractivity contribution in [2.24, 2.45) is 17.8 Å². The molecule has 1 aromatic carbocycles. The van der Waals surface area contributed by atoms with Gasteiger partial charge in [0.05, 0.1) is 6.10 Å². The maximum Gasteiger partial charge on any atom is 0.192 e. The molecule has 3 rings (SSSR count). The Morgan fingerprint density at radius 2 is 1.87 bits per heavy atom. The summed E-state index contributed by atoms with van der Waals surface area (Å²) in [7, 11) is -1.81. The highest BCUT2D eigenvalue weighted by atomic mass is 28.4. The van der Waals surface area contributed by atoms with Crippen molar-refractivity contribution < 1.29 is 9.53 Å². The van der Waals surface area contributed by atoms with Crippen LogP contribution in [-0.2, 0) is 17.3 Å². The fourth-order valence-corrected chi connectivity index (χ4v) is 7.22. The summed E-state index contributed by atoms with van der Waals surface area (Å²) >= 11 is 0. The van der Waals surface area contributed by atoms with Gasteiger partial charge in [-0.05, 0) is 98.0 Å². The SMILES string of the molecule is CCCCCC(O)CCC1C(O[Si](C)(C)C(C)(C)C)CC2Cc3c(C)cccc3CC21. The van der Waals surface area contributed by atoms with Gasteiger partial charge in [0.15, 0.2) is 8.32 Å². The smallest absolute Gasteiger partial charge is 0.192 e. The first-order valence-electron chi connectivity index (χ1n) is 13.0. The van der Waals surface area contributed by atoms with Crippen LogP contribution in [0.5, 0.6) is 0 Å². The van der Waals surface area contributed by atoms with Gasteiger partial charge < -0.3 is 9.53 Å². The van der Waals surface area contributed by atoms with Gasteiger partial charge in [0.25, 0.3) is 0 Å². The lowest BCUT2D eigenvalue weighted by Gasteiger charge is -2.40. The molecule has 0 bridgehead atoms. The molecule has 2 nitrogen and oxygen atoms in total. The van der Waals surface area contributed by atoms with Gasteiger partial charge in [0.2, 0.25) is 0 Å². The Morgan fingerprint density at radius 3 is 2.55 bits per heavy atom. The number of hydrogen-bond donors (Lipinski definition) is 1. The minimum absolute atomic E-state index is 0.141. The standard InChI is InChI=1S/C28H48O2Si/c1-8-9-10-14-23(29)15-16-24-26-17-21-13-11-12-20(2)25(21)18-22(26)19-27(24)30-31(6,7)28(3,4)5/h11-13,22-24,26-27,29H,8-10,14-19H2,1-7H3. The Kier molecular flexibility index (Phi) is 8.14. The third-order valence-corrected chi connectivity index (χ3v) is 13.3. The average molecular weight is 445 g/mol. The quantitative estimate of drug-likeness (QED) is 0.316. The first-order valence-corrected chi connectivity index (χ1v) is 15.9. The first kappa shape index (κ1) is 25.0. The van der Waals surface area contributed by atoms with Gasteiger partial charge >= 0.3 is 0 Å². The molecule has 31 heavy (non-hydrogen) atoms. The van der Waals surface area contributed by atoms with Crippen LogP contribution < -0.4 is 0 Å². The van der Waals surface area contributed by atoms with E-state index in [0.717, 1.165) is 31.6 Å². The van der Waals surface area contributed by atoms with Crippen LogP contribution in [0.3, 0.4) is 0 Å². The molecule has 0 spiro atoms.